The van der Waals surface area contributed by atoms with Crippen molar-refractivity contribution in [1.82, 2.24) is 4.31 Å². The van der Waals surface area contributed by atoms with Gasteiger partial charge in [-0.25, -0.2) is 8.42 Å². The summed E-state index contributed by atoms with van der Waals surface area (Å²) in [6.45, 7) is 4.58. The minimum absolute atomic E-state index is 0.00370. The smallest absolute Gasteiger partial charge is 0.207 e. The van der Waals surface area contributed by atoms with Gasteiger partial charge < -0.3 is 0 Å². The zero-order valence-corrected chi connectivity index (χ0v) is 17.6. The molecule has 1 saturated heterocycles. The van der Waals surface area contributed by atoms with Crippen LogP contribution < -0.4 is 0 Å². The Labute approximate surface area is 168 Å². The minimum atomic E-state index is -3.51. The molecule has 0 amide bonds. The Morgan fingerprint density at radius 3 is 2.41 bits per heavy atom. The molecule has 1 aliphatic rings. The van der Waals surface area contributed by atoms with Crippen LogP contribution >= 0.6 is 11.6 Å². The van der Waals surface area contributed by atoms with Gasteiger partial charge in [-0.1, -0.05) is 55.0 Å². The van der Waals surface area contributed by atoms with Gasteiger partial charge in [-0.15, -0.1) is 11.6 Å². The molecule has 3 nitrogen and oxygen atoms in total. The molecule has 0 saturated carbocycles. The molecule has 0 unspecified atom stereocenters. The van der Waals surface area contributed by atoms with E-state index in [0.29, 0.717) is 11.4 Å². The van der Waals surface area contributed by atoms with E-state index >= 15 is 0 Å². The molecular formula is C22H28ClNO2S. The predicted molar refractivity (Wildman–Crippen MR) is 112 cm³/mol. The Morgan fingerprint density at radius 1 is 1.11 bits per heavy atom. The summed E-state index contributed by atoms with van der Waals surface area (Å²) < 4.78 is 28.3. The third-order valence-electron chi connectivity index (χ3n) is 5.60. The van der Waals surface area contributed by atoms with Crippen LogP contribution in [0.1, 0.15) is 37.3 Å². The quantitative estimate of drug-likeness (QED) is 0.606. The van der Waals surface area contributed by atoms with Gasteiger partial charge in [0.1, 0.15) is 0 Å². The van der Waals surface area contributed by atoms with Gasteiger partial charge in [0.05, 0.1) is 4.90 Å². The van der Waals surface area contributed by atoms with E-state index in [4.69, 9.17) is 11.6 Å². The van der Waals surface area contributed by atoms with E-state index in [0.717, 1.165) is 31.2 Å². The number of aryl methyl sites for hydroxylation is 2. The minimum Gasteiger partial charge on any atom is -0.207 e. The second kappa shape index (κ2) is 8.76. The number of benzene rings is 2. The number of nitrogens with zero attached hydrogens (tertiary/aromatic N) is 1. The molecule has 1 fully saturated rings. The Bertz CT molecular complexity index is 836. The Balaban J connectivity index is 1.86. The Morgan fingerprint density at radius 2 is 1.78 bits per heavy atom. The maximum atomic E-state index is 13.3. The number of alkyl halides is 1. The number of rotatable bonds is 7. The second-order valence-electron chi connectivity index (χ2n) is 7.40. The number of hydrogen-bond donors (Lipinski definition) is 0. The largest absolute Gasteiger partial charge is 0.243 e. The van der Waals surface area contributed by atoms with Crippen LogP contribution in [0.5, 0.6) is 0 Å². The average molecular weight is 406 g/mol. The van der Waals surface area contributed by atoms with Crippen molar-refractivity contribution in [2.75, 3.05) is 6.54 Å². The molecular weight excluding hydrogens is 378 g/mol. The van der Waals surface area contributed by atoms with E-state index in [-0.39, 0.29) is 17.3 Å². The first-order chi connectivity index (χ1) is 12.9. The molecule has 5 heteroatoms. The Hall–Kier alpha value is -1.36. The van der Waals surface area contributed by atoms with Gasteiger partial charge in [-0.05, 0) is 56.2 Å². The fourth-order valence-electron chi connectivity index (χ4n) is 4.03. The van der Waals surface area contributed by atoms with Gasteiger partial charge in [0, 0.05) is 18.0 Å². The van der Waals surface area contributed by atoms with Gasteiger partial charge in [0.25, 0.3) is 0 Å². The van der Waals surface area contributed by atoms with Gasteiger partial charge >= 0.3 is 0 Å². The van der Waals surface area contributed by atoms with Crippen LogP contribution in [0, 0.1) is 12.8 Å². The van der Waals surface area contributed by atoms with Gasteiger partial charge in [0.2, 0.25) is 10.0 Å². The molecule has 2 aromatic rings. The summed E-state index contributed by atoms with van der Waals surface area (Å²) in [4.78, 5) is 0.376. The number of halogens is 1. The molecule has 27 heavy (non-hydrogen) atoms. The van der Waals surface area contributed by atoms with Gasteiger partial charge in [0.15, 0.2) is 0 Å². The van der Waals surface area contributed by atoms with Crippen molar-refractivity contribution in [3.05, 3.63) is 65.7 Å². The predicted octanol–water partition coefficient (Wildman–Crippen LogP) is 5.02. The van der Waals surface area contributed by atoms with Gasteiger partial charge in [-0.3, -0.25) is 0 Å². The first kappa shape index (κ1) is 20.4. The lowest BCUT2D eigenvalue weighted by Crippen LogP contribution is -2.40. The molecule has 0 radical (unpaired) electrons. The molecule has 0 aliphatic carbocycles. The fourth-order valence-corrected chi connectivity index (χ4v) is 6.04. The van der Waals surface area contributed by atoms with Crippen LogP contribution in [0.25, 0.3) is 0 Å². The van der Waals surface area contributed by atoms with Crippen LogP contribution in [0.2, 0.25) is 0 Å². The molecule has 0 aromatic heterocycles. The van der Waals surface area contributed by atoms with Crippen molar-refractivity contribution >= 4 is 21.6 Å². The van der Waals surface area contributed by atoms with Crippen LogP contribution in [0.15, 0.2) is 59.5 Å². The van der Waals surface area contributed by atoms with Crippen molar-refractivity contribution in [2.45, 2.75) is 55.8 Å². The van der Waals surface area contributed by atoms with Crippen molar-refractivity contribution < 1.29 is 8.42 Å². The van der Waals surface area contributed by atoms with Crippen molar-refractivity contribution in [2.24, 2.45) is 5.92 Å². The zero-order chi connectivity index (χ0) is 19.4. The summed E-state index contributed by atoms with van der Waals surface area (Å²) in [6, 6.07) is 17.3. The topological polar surface area (TPSA) is 37.4 Å². The third-order valence-corrected chi connectivity index (χ3v) is 8.17. The van der Waals surface area contributed by atoms with E-state index in [1.54, 1.807) is 16.4 Å². The summed E-state index contributed by atoms with van der Waals surface area (Å²) in [5.74, 6) is 0.195. The maximum absolute atomic E-state index is 13.3. The molecule has 1 heterocycles. The SMILES string of the molecule is CC[C@@H](Cl)[C@H]1CCN(S(=O)(=O)c2ccc(C)cc2)[C@@H]1CCc1ccccc1. The van der Waals surface area contributed by atoms with E-state index in [1.165, 1.54) is 5.56 Å². The second-order valence-corrected chi connectivity index (χ2v) is 9.85. The molecule has 2 aromatic carbocycles. The van der Waals surface area contributed by atoms with E-state index in [9.17, 15) is 8.42 Å². The first-order valence-corrected chi connectivity index (χ1v) is 11.6. The molecule has 1 aliphatic heterocycles. The van der Waals surface area contributed by atoms with Crippen LogP contribution in [0.4, 0.5) is 0 Å². The van der Waals surface area contributed by atoms with Crippen LogP contribution in [-0.2, 0) is 16.4 Å². The lowest BCUT2D eigenvalue weighted by atomic mass is 9.91. The van der Waals surface area contributed by atoms with Crippen LogP contribution in [0.3, 0.4) is 0 Å². The van der Waals surface area contributed by atoms with Crippen molar-refractivity contribution in [3.63, 3.8) is 0 Å². The molecule has 0 N–H and O–H groups in total. The molecule has 146 valence electrons. The normalized spacial score (nSPS) is 22.0. The van der Waals surface area contributed by atoms with E-state index in [1.807, 2.05) is 37.3 Å². The summed E-state index contributed by atoms with van der Waals surface area (Å²) in [6.07, 6.45) is 3.33. The first-order valence-electron chi connectivity index (χ1n) is 9.70. The lowest BCUT2D eigenvalue weighted by molar-refractivity contribution is 0.309. The highest BCUT2D eigenvalue weighted by Crippen LogP contribution is 2.37. The highest BCUT2D eigenvalue weighted by Gasteiger charge is 2.43. The third kappa shape index (κ3) is 4.56. The van der Waals surface area contributed by atoms with Gasteiger partial charge in [-0.2, -0.15) is 4.31 Å². The van der Waals surface area contributed by atoms with Crippen molar-refractivity contribution in [3.8, 4) is 0 Å². The maximum Gasteiger partial charge on any atom is 0.243 e. The number of hydrogen-bond acceptors (Lipinski definition) is 2. The number of sulfonamides is 1. The highest BCUT2D eigenvalue weighted by molar-refractivity contribution is 7.89. The molecule has 0 spiro atoms. The standard InChI is InChI=1S/C22H28ClNO2S/c1-3-21(23)20-15-16-24(22(20)14-11-18-7-5-4-6-8-18)27(25,26)19-12-9-17(2)10-13-19/h4-10,12-13,20-22H,3,11,14-16H2,1-2H3/t20-,21-,22-/m1/s1. The van der Waals surface area contributed by atoms with Crippen molar-refractivity contribution in [1.29, 1.82) is 0 Å². The van der Waals surface area contributed by atoms with Crippen LogP contribution in [-0.4, -0.2) is 30.7 Å². The summed E-state index contributed by atoms with van der Waals surface area (Å²) in [5.41, 5.74) is 2.29. The molecule has 0 bridgehead atoms. The molecule has 3 atom stereocenters. The highest BCUT2D eigenvalue weighted by atomic mass is 35.5. The average Bonchev–Trinajstić information content (AvgIpc) is 3.11. The van der Waals surface area contributed by atoms with E-state index < -0.39 is 10.0 Å². The lowest BCUT2D eigenvalue weighted by Gasteiger charge is -2.29. The Kier molecular flexibility index (Phi) is 6.61. The summed E-state index contributed by atoms with van der Waals surface area (Å²) in [5, 5.41) is 0.00370. The monoisotopic (exact) mass is 405 g/mol. The zero-order valence-electron chi connectivity index (χ0n) is 16.0. The summed E-state index contributed by atoms with van der Waals surface area (Å²) in [7, 11) is -3.51. The fraction of sp³-hybridized carbons (Fsp3) is 0.455. The molecule has 3 rings (SSSR count). The summed E-state index contributed by atoms with van der Waals surface area (Å²) >= 11 is 6.61. The van der Waals surface area contributed by atoms with E-state index in [2.05, 4.69) is 19.1 Å².